The van der Waals surface area contributed by atoms with Gasteiger partial charge in [-0.15, -0.1) is 0 Å². The SMILES string of the molecule is CCNCc1ccc(N2CCC3CCC(C2)N3C)nc1. The van der Waals surface area contributed by atoms with Crippen molar-refractivity contribution in [3.63, 3.8) is 0 Å². The minimum absolute atomic E-state index is 0.714. The molecule has 4 nitrogen and oxygen atoms in total. The van der Waals surface area contributed by atoms with Crippen LogP contribution in [0.15, 0.2) is 18.3 Å². The lowest BCUT2D eigenvalue weighted by Crippen LogP contribution is -2.36. The Morgan fingerprint density at radius 3 is 2.85 bits per heavy atom. The number of likely N-dealkylation sites (N-methyl/N-ethyl adjacent to an activating group) is 1. The molecule has 3 heterocycles. The van der Waals surface area contributed by atoms with Crippen LogP contribution in [0.3, 0.4) is 0 Å². The van der Waals surface area contributed by atoms with Crippen molar-refractivity contribution in [3.05, 3.63) is 23.9 Å². The number of fused-ring (bicyclic) bond motifs is 2. The predicted octanol–water partition coefficient (Wildman–Crippen LogP) is 1.86. The number of rotatable bonds is 4. The fraction of sp³-hybridized carbons (Fsp3) is 0.688. The van der Waals surface area contributed by atoms with Gasteiger partial charge in [-0.25, -0.2) is 4.98 Å². The summed E-state index contributed by atoms with van der Waals surface area (Å²) >= 11 is 0. The fourth-order valence-electron chi connectivity index (χ4n) is 3.49. The van der Waals surface area contributed by atoms with Crippen LogP contribution >= 0.6 is 0 Å². The Hall–Kier alpha value is -1.13. The van der Waals surface area contributed by atoms with Gasteiger partial charge < -0.3 is 10.2 Å². The van der Waals surface area contributed by atoms with Crippen LogP contribution in [0.25, 0.3) is 0 Å². The standard InChI is InChI=1S/C16H26N4/c1-3-17-10-13-4-7-16(18-11-13)20-9-8-14-5-6-15(12-20)19(14)2/h4,7,11,14-15,17H,3,5-6,8-10,12H2,1-2H3. The Balaban J connectivity index is 1.67. The number of anilines is 1. The molecule has 1 N–H and O–H groups in total. The molecular formula is C16H26N4. The highest BCUT2D eigenvalue weighted by Crippen LogP contribution is 2.30. The topological polar surface area (TPSA) is 31.4 Å². The van der Waals surface area contributed by atoms with Crippen molar-refractivity contribution in [2.24, 2.45) is 0 Å². The Morgan fingerprint density at radius 1 is 1.25 bits per heavy atom. The summed E-state index contributed by atoms with van der Waals surface area (Å²) in [5, 5.41) is 3.34. The summed E-state index contributed by atoms with van der Waals surface area (Å²) < 4.78 is 0. The molecule has 2 atom stereocenters. The van der Waals surface area contributed by atoms with Crippen LogP contribution in [0.1, 0.15) is 31.7 Å². The van der Waals surface area contributed by atoms with Gasteiger partial charge in [-0.1, -0.05) is 13.0 Å². The van der Waals surface area contributed by atoms with Crippen LogP contribution in [0.2, 0.25) is 0 Å². The van der Waals surface area contributed by atoms with E-state index in [0.29, 0.717) is 6.04 Å². The quantitative estimate of drug-likeness (QED) is 0.908. The van der Waals surface area contributed by atoms with E-state index < -0.39 is 0 Å². The summed E-state index contributed by atoms with van der Waals surface area (Å²) in [5.41, 5.74) is 1.27. The van der Waals surface area contributed by atoms with E-state index in [0.717, 1.165) is 38.0 Å². The maximum absolute atomic E-state index is 4.67. The van der Waals surface area contributed by atoms with Crippen molar-refractivity contribution in [1.82, 2.24) is 15.2 Å². The second-order valence-electron chi connectivity index (χ2n) is 6.09. The molecular weight excluding hydrogens is 248 g/mol. The Labute approximate surface area is 122 Å². The summed E-state index contributed by atoms with van der Waals surface area (Å²) in [5.74, 6) is 1.14. The third kappa shape index (κ3) is 2.81. The van der Waals surface area contributed by atoms with E-state index in [2.05, 4.69) is 46.2 Å². The molecule has 1 aromatic rings. The lowest BCUT2D eigenvalue weighted by molar-refractivity contribution is 0.254. The molecule has 0 radical (unpaired) electrons. The van der Waals surface area contributed by atoms with Crippen molar-refractivity contribution >= 4 is 5.82 Å². The first-order valence-corrected chi connectivity index (χ1v) is 7.90. The van der Waals surface area contributed by atoms with Crippen molar-refractivity contribution in [2.45, 2.75) is 44.8 Å². The summed E-state index contributed by atoms with van der Waals surface area (Å²) in [6, 6.07) is 5.90. The van der Waals surface area contributed by atoms with Crippen molar-refractivity contribution in [3.8, 4) is 0 Å². The molecule has 2 aliphatic heterocycles. The Bertz CT molecular complexity index is 431. The van der Waals surface area contributed by atoms with Crippen LogP contribution < -0.4 is 10.2 Å². The normalized spacial score (nSPS) is 26.8. The highest BCUT2D eigenvalue weighted by atomic mass is 15.3. The van der Waals surface area contributed by atoms with Gasteiger partial charge in [0, 0.05) is 37.9 Å². The van der Waals surface area contributed by atoms with Gasteiger partial charge in [-0.2, -0.15) is 0 Å². The first-order chi connectivity index (χ1) is 9.78. The number of aromatic nitrogens is 1. The van der Waals surface area contributed by atoms with E-state index in [1.165, 1.54) is 24.8 Å². The predicted molar refractivity (Wildman–Crippen MR) is 83.0 cm³/mol. The van der Waals surface area contributed by atoms with Crippen LogP contribution in [-0.4, -0.2) is 48.6 Å². The molecule has 3 rings (SSSR count). The van der Waals surface area contributed by atoms with E-state index in [1.54, 1.807) is 0 Å². The lowest BCUT2D eigenvalue weighted by Gasteiger charge is -2.26. The zero-order chi connectivity index (χ0) is 13.9. The highest BCUT2D eigenvalue weighted by molar-refractivity contribution is 5.40. The maximum Gasteiger partial charge on any atom is 0.128 e. The first-order valence-electron chi connectivity index (χ1n) is 7.90. The van der Waals surface area contributed by atoms with Gasteiger partial charge >= 0.3 is 0 Å². The second kappa shape index (κ2) is 6.10. The van der Waals surface area contributed by atoms with Crippen LogP contribution in [0.4, 0.5) is 5.82 Å². The molecule has 0 spiro atoms. The third-order valence-electron chi connectivity index (χ3n) is 4.86. The van der Waals surface area contributed by atoms with Crippen LogP contribution in [-0.2, 0) is 6.54 Å². The molecule has 2 saturated heterocycles. The summed E-state index contributed by atoms with van der Waals surface area (Å²) in [7, 11) is 2.29. The molecule has 2 unspecified atom stereocenters. The van der Waals surface area contributed by atoms with E-state index in [9.17, 15) is 0 Å². The zero-order valence-electron chi connectivity index (χ0n) is 12.7. The molecule has 2 aliphatic rings. The number of hydrogen-bond acceptors (Lipinski definition) is 4. The third-order valence-corrected chi connectivity index (χ3v) is 4.86. The van der Waals surface area contributed by atoms with Gasteiger partial charge in [0.2, 0.25) is 0 Å². The van der Waals surface area contributed by atoms with Gasteiger partial charge in [0.25, 0.3) is 0 Å². The molecule has 20 heavy (non-hydrogen) atoms. The van der Waals surface area contributed by atoms with Gasteiger partial charge in [-0.05, 0) is 44.5 Å². The van der Waals surface area contributed by atoms with Gasteiger partial charge in [0.05, 0.1) is 0 Å². The molecule has 2 fully saturated rings. The van der Waals surface area contributed by atoms with Crippen LogP contribution in [0.5, 0.6) is 0 Å². The molecule has 1 aromatic heterocycles. The molecule has 110 valence electrons. The smallest absolute Gasteiger partial charge is 0.128 e. The van der Waals surface area contributed by atoms with Gasteiger partial charge in [0.15, 0.2) is 0 Å². The summed E-state index contributed by atoms with van der Waals surface area (Å²) in [4.78, 5) is 9.73. The summed E-state index contributed by atoms with van der Waals surface area (Å²) in [6.45, 7) is 6.32. The van der Waals surface area contributed by atoms with Crippen LogP contribution in [0, 0.1) is 0 Å². The van der Waals surface area contributed by atoms with Gasteiger partial charge in [-0.3, -0.25) is 4.90 Å². The van der Waals surface area contributed by atoms with Crippen molar-refractivity contribution < 1.29 is 0 Å². The Morgan fingerprint density at radius 2 is 2.10 bits per heavy atom. The molecule has 0 amide bonds. The van der Waals surface area contributed by atoms with Gasteiger partial charge in [0.1, 0.15) is 5.82 Å². The number of hydrogen-bond donors (Lipinski definition) is 1. The summed E-state index contributed by atoms with van der Waals surface area (Å²) in [6.07, 6.45) is 6.01. The second-order valence-corrected chi connectivity index (χ2v) is 6.09. The molecule has 0 aromatic carbocycles. The highest BCUT2D eigenvalue weighted by Gasteiger charge is 2.34. The lowest BCUT2D eigenvalue weighted by atomic mass is 10.1. The van der Waals surface area contributed by atoms with E-state index in [4.69, 9.17) is 0 Å². The molecule has 0 aliphatic carbocycles. The number of pyridine rings is 1. The minimum atomic E-state index is 0.714. The zero-order valence-corrected chi connectivity index (χ0v) is 12.7. The monoisotopic (exact) mass is 274 g/mol. The number of nitrogens with zero attached hydrogens (tertiary/aromatic N) is 3. The van der Waals surface area contributed by atoms with Crippen molar-refractivity contribution in [2.75, 3.05) is 31.6 Å². The van der Waals surface area contributed by atoms with E-state index >= 15 is 0 Å². The average Bonchev–Trinajstić information content (AvgIpc) is 2.71. The Kier molecular flexibility index (Phi) is 4.22. The van der Waals surface area contributed by atoms with Crippen molar-refractivity contribution in [1.29, 1.82) is 0 Å². The fourth-order valence-corrected chi connectivity index (χ4v) is 3.49. The first kappa shape index (κ1) is 13.8. The van der Waals surface area contributed by atoms with E-state index in [-0.39, 0.29) is 0 Å². The number of nitrogens with one attached hydrogen (secondary N) is 1. The maximum atomic E-state index is 4.67. The van der Waals surface area contributed by atoms with E-state index in [1.807, 2.05) is 6.20 Å². The molecule has 0 saturated carbocycles. The largest absolute Gasteiger partial charge is 0.355 e. The average molecular weight is 274 g/mol. The minimum Gasteiger partial charge on any atom is -0.355 e. The molecule has 2 bridgehead atoms. The molecule has 4 heteroatoms.